The van der Waals surface area contributed by atoms with Crippen molar-refractivity contribution in [3.05, 3.63) is 23.8 Å². The van der Waals surface area contributed by atoms with Crippen LogP contribution >= 0.6 is 0 Å². The van der Waals surface area contributed by atoms with Gasteiger partial charge in [0.15, 0.2) is 0 Å². The number of hydrogen-bond acceptors (Lipinski definition) is 4. The van der Waals surface area contributed by atoms with Crippen molar-refractivity contribution in [2.75, 3.05) is 25.5 Å². The molecule has 0 aromatic heterocycles. The topological polar surface area (TPSA) is 44.7 Å². The molecule has 1 aromatic rings. The minimum Gasteiger partial charge on any atom is -0.496 e. The molecule has 1 saturated carbocycles. The molecule has 2 N–H and O–H groups in total. The van der Waals surface area contributed by atoms with E-state index in [4.69, 9.17) is 4.74 Å². The molecule has 0 unspecified atom stereocenters. The monoisotopic (exact) mass is 304 g/mol. The maximum absolute atomic E-state index is 9.42. The van der Waals surface area contributed by atoms with Gasteiger partial charge in [0.1, 0.15) is 5.75 Å². The molecule has 0 amide bonds. The van der Waals surface area contributed by atoms with Crippen molar-refractivity contribution in [2.45, 2.75) is 57.2 Å². The Morgan fingerprint density at radius 2 is 1.91 bits per heavy atom. The number of rotatable bonds is 5. The number of anilines is 1. The van der Waals surface area contributed by atoms with Gasteiger partial charge in [0.25, 0.3) is 0 Å². The van der Waals surface area contributed by atoms with Crippen molar-refractivity contribution < 1.29 is 9.84 Å². The summed E-state index contributed by atoms with van der Waals surface area (Å²) in [4.78, 5) is 2.69. The number of nitrogens with zero attached hydrogens (tertiary/aromatic N) is 1. The zero-order valence-electron chi connectivity index (χ0n) is 13.6. The van der Waals surface area contributed by atoms with E-state index in [2.05, 4.69) is 10.2 Å². The predicted molar refractivity (Wildman–Crippen MR) is 89.4 cm³/mol. The minimum atomic E-state index is 0.0127. The number of piperidine rings is 1. The van der Waals surface area contributed by atoms with Crippen LogP contribution in [0.15, 0.2) is 18.2 Å². The number of benzene rings is 1. The number of nitrogens with one attached hydrogen (secondary N) is 1. The molecule has 0 radical (unpaired) electrons. The van der Waals surface area contributed by atoms with Gasteiger partial charge in [0, 0.05) is 36.4 Å². The summed E-state index contributed by atoms with van der Waals surface area (Å²) < 4.78 is 5.26. The molecule has 1 aliphatic carbocycles. The van der Waals surface area contributed by atoms with E-state index in [9.17, 15) is 5.11 Å². The highest BCUT2D eigenvalue weighted by atomic mass is 16.5. The predicted octanol–water partition coefficient (Wildman–Crippen LogP) is 3.01. The van der Waals surface area contributed by atoms with Crippen LogP contribution in [-0.4, -0.2) is 42.3 Å². The first-order chi connectivity index (χ1) is 10.8. The van der Waals surface area contributed by atoms with Gasteiger partial charge in [0.05, 0.1) is 13.7 Å². The van der Waals surface area contributed by atoms with E-state index in [0.29, 0.717) is 6.04 Å². The van der Waals surface area contributed by atoms with E-state index in [-0.39, 0.29) is 6.61 Å². The third-order valence-electron chi connectivity index (χ3n) is 5.19. The van der Waals surface area contributed by atoms with Gasteiger partial charge >= 0.3 is 0 Å². The van der Waals surface area contributed by atoms with Crippen LogP contribution in [0.4, 0.5) is 5.69 Å². The SMILES string of the molecule is COc1ccc(NC2CCN(C3CCCC3)CC2)cc1CO. The first-order valence-electron chi connectivity index (χ1n) is 8.58. The van der Waals surface area contributed by atoms with Gasteiger partial charge in [0.2, 0.25) is 0 Å². The molecule has 1 heterocycles. The first kappa shape index (κ1) is 15.6. The van der Waals surface area contributed by atoms with E-state index in [1.807, 2.05) is 18.2 Å². The third kappa shape index (κ3) is 3.55. The number of likely N-dealkylation sites (tertiary alicyclic amines) is 1. The molecule has 1 aromatic carbocycles. The molecule has 0 spiro atoms. The number of ether oxygens (including phenoxy) is 1. The van der Waals surface area contributed by atoms with Crippen molar-refractivity contribution >= 4 is 5.69 Å². The number of hydrogen-bond donors (Lipinski definition) is 2. The minimum absolute atomic E-state index is 0.0127. The molecule has 4 nitrogen and oxygen atoms in total. The molecule has 1 saturated heterocycles. The Balaban J connectivity index is 1.54. The highest BCUT2D eigenvalue weighted by molar-refractivity contribution is 5.51. The lowest BCUT2D eigenvalue weighted by atomic mass is 10.0. The van der Waals surface area contributed by atoms with E-state index < -0.39 is 0 Å². The molecular weight excluding hydrogens is 276 g/mol. The first-order valence-corrected chi connectivity index (χ1v) is 8.58. The molecule has 2 fully saturated rings. The Kier molecular flexibility index (Phi) is 5.21. The van der Waals surface area contributed by atoms with Crippen molar-refractivity contribution in [2.24, 2.45) is 0 Å². The lowest BCUT2D eigenvalue weighted by Crippen LogP contribution is -2.43. The maximum Gasteiger partial charge on any atom is 0.124 e. The third-order valence-corrected chi connectivity index (χ3v) is 5.19. The van der Waals surface area contributed by atoms with Crippen molar-refractivity contribution in [1.82, 2.24) is 4.90 Å². The summed E-state index contributed by atoms with van der Waals surface area (Å²) in [6.45, 7) is 2.44. The smallest absolute Gasteiger partial charge is 0.124 e. The van der Waals surface area contributed by atoms with Crippen LogP contribution in [0, 0.1) is 0 Å². The van der Waals surface area contributed by atoms with Gasteiger partial charge in [-0.15, -0.1) is 0 Å². The molecule has 0 atom stereocenters. The van der Waals surface area contributed by atoms with Gasteiger partial charge in [-0.3, -0.25) is 0 Å². The van der Waals surface area contributed by atoms with Gasteiger partial charge in [-0.1, -0.05) is 12.8 Å². The maximum atomic E-state index is 9.42. The number of aliphatic hydroxyl groups excluding tert-OH is 1. The van der Waals surface area contributed by atoms with Crippen LogP contribution < -0.4 is 10.1 Å². The average Bonchev–Trinajstić information content (AvgIpc) is 3.10. The second-order valence-electron chi connectivity index (χ2n) is 6.58. The molecule has 122 valence electrons. The van der Waals surface area contributed by atoms with Gasteiger partial charge in [-0.25, -0.2) is 0 Å². The van der Waals surface area contributed by atoms with Crippen molar-refractivity contribution in [3.63, 3.8) is 0 Å². The van der Waals surface area contributed by atoms with E-state index in [1.165, 1.54) is 51.6 Å². The van der Waals surface area contributed by atoms with Crippen molar-refractivity contribution in [3.8, 4) is 5.75 Å². The lowest BCUT2D eigenvalue weighted by molar-refractivity contribution is 0.159. The fourth-order valence-corrected chi connectivity index (χ4v) is 3.91. The summed E-state index contributed by atoms with van der Waals surface area (Å²) in [6.07, 6.45) is 8.04. The summed E-state index contributed by atoms with van der Waals surface area (Å²) in [7, 11) is 1.64. The Morgan fingerprint density at radius 3 is 2.55 bits per heavy atom. The largest absolute Gasteiger partial charge is 0.496 e. The summed E-state index contributed by atoms with van der Waals surface area (Å²) in [5.74, 6) is 0.754. The van der Waals surface area contributed by atoms with Gasteiger partial charge in [-0.05, 0) is 43.9 Å². The van der Waals surface area contributed by atoms with Crippen LogP contribution in [-0.2, 0) is 6.61 Å². The van der Waals surface area contributed by atoms with Crippen LogP contribution in [0.2, 0.25) is 0 Å². The Labute approximate surface area is 133 Å². The number of methoxy groups -OCH3 is 1. The second kappa shape index (κ2) is 7.34. The normalized spacial score (nSPS) is 21.2. The summed E-state index contributed by atoms with van der Waals surface area (Å²) in [5.41, 5.74) is 1.93. The molecular formula is C18H28N2O2. The molecule has 3 rings (SSSR count). The summed E-state index contributed by atoms with van der Waals surface area (Å²) in [6, 6.07) is 7.37. The van der Waals surface area contributed by atoms with Gasteiger partial charge in [-0.2, -0.15) is 0 Å². The Morgan fingerprint density at radius 1 is 1.18 bits per heavy atom. The summed E-state index contributed by atoms with van der Waals surface area (Å²) >= 11 is 0. The van der Waals surface area contributed by atoms with E-state index in [1.54, 1.807) is 7.11 Å². The molecule has 22 heavy (non-hydrogen) atoms. The quantitative estimate of drug-likeness (QED) is 0.878. The van der Waals surface area contributed by atoms with Crippen LogP contribution in [0.1, 0.15) is 44.1 Å². The zero-order valence-corrected chi connectivity index (χ0v) is 13.6. The van der Waals surface area contributed by atoms with Crippen LogP contribution in [0.25, 0.3) is 0 Å². The highest BCUT2D eigenvalue weighted by Gasteiger charge is 2.26. The van der Waals surface area contributed by atoms with Gasteiger partial charge < -0.3 is 20.1 Å². The van der Waals surface area contributed by atoms with Crippen LogP contribution in [0.5, 0.6) is 5.75 Å². The van der Waals surface area contributed by atoms with E-state index >= 15 is 0 Å². The Bertz CT molecular complexity index is 478. The average molecular weight is 304 g/mol. The van der Waals surface area contributed by atoms with Crippen LogP contribution in [0.3, 0.4) is 0 Å². The fourth-order valence-electron chi connectivity index (χ4n) is 3.91. The molecule has 2 aliphatic rings. The highest BCUT2D eigenvalue weighted by Crippen LogP contribution is 2.28. The molecule has 1 aliphatic heterocycles. The number of aliphatic hydroxyl groups is 1. The van der Waals surface area contributed by atoms with E-state index in [0.717, 1.165) is 23.0 Å². The second-order valence-corrected chi connectivity index (χ2v) is 6.58. The standard InChI is InChI=1S/C18H28N2O2/c1-22-18-7-6-16(12-14(18)13-21)19-15-8-10-20(11-9-15)17-4-2-3-5-17/h6-7,12,15,17,19,21H,2-5,8-11,13H2,1H3. The Hall–Kier alpha value is -1.26. The fraction of sp³-hybridized carbons (Fsp3) is 0.667. The summed E-state index contributed by atoms with van der Waals surface area (Å²) in [5, 5.41) is 13.0. The lowest BCUT2D eigenvalue weighted by Gasteiger charge is -2.36. The van der Waals surface area contributed by atoms with Crippen molar-refractivity contribution in [1.29, 1.82) is 0 Å². The zero-order chi connectivity index (χ0) is 15.4. The molecule has 4 heteroatoms. The molecule has 0 bridgehead atoms.